The van der Waals surface area contributed by atoms with Crippen molar-refractivity contribution in [1.29, 1.82) is 0 Å². The molecule has 0 N–H and O–H groups in total. The van der Waals surface area contributed by atoms with Gasteiger partial charge in [0.15, 0.2) is 0 Å². The quantitative estimate of drug-likeness (QED) is 0.732. The molecule has 2 atom stereocenters. The van der Waals surface area contributed by atoms with Gasteiger partial charge in [-0.1, -0.05) is 50.2 Å². The van der Waals surface area contributed by atoms with E-state index in [0.29, 0.717) is 11.8 Å². The maximum absolute atomic E-state index is 4.50. The van der Waals surface area contributed by atoms with Crippen molar-refractivity contribution < 1.29 is 0 Å². The van der Waals surface area contributed by atoms with E-state index in [0.717, 1.165) is 12.8 Å². The lowest BCUT2D eigenvalue weighted by Crippen LogP contribution is -2.05. The Kier molecular flexibility index (Phi) is 4.52. The van der Waals surface area contributed by atoms with Crippen LogP contribution in [0.1, 0.15) is 49.8 Å². The van der Waals surface area contributed by atoms with Crippen LogP contribution in [-0.2, 0) is 0 Å². The average molecular weight is 239 g/mol. The van der Waals surface area contributed by atoms with Crippen LogP contribution < -0.4 is 0 Å². The highest BCUT2D eigenvalue weighted by Crippen LogP contribution is 2.30. The van der Waals surface area contributed by atoms with Crippen molar-refractivity contribution >= 4 is 0 Å². The molecule has 1 heteroatoms. The highest BCUT2D eigenvalue weighted by Gasteiger charge is 2.15. The molecule has 0 spiro atoms. The smallest absolute Gasteiger partial charge is 0.0434 e. The van der Waals surface area contributed by atoms with Crippen molar-refractivity contribution in [3.05, 3.63) is 66.0 Å². The maximum atomic E-state index is 4.50. The molecule has 2 unspecified atom stereocenters. The summed E-state index contributed by atoms with van der Waals surface area (Å²) in [4.78, 5) is 4.50. The SMILES string of the molecule is CCC(CC(C)c1ccccc1)c1ccccn1. The number of pyridine rings is 1. The van der Waals surface area contributed by atoms with Gasteiger partial charge in [-0.05, 0) is 36.5 Å². The monoisotopic (exact) mass is 239 g/mol. The molecule has 0 radical (unpaired) electrons. The van der Waals surface area contributed by atoms with Crippen LogP contribution in [0.2, 0.25) is 0 Å². The zero-order chi connectivity index (χ0) is 12.8. The van der Waals surface area contributed by atoms with Crippen molar-refractivity contribution in [3.8, 4) is 0 Å². The van der Waals surface area contributed by atoms with E-state index in [-0.39, 0.29) is 0 Å². The molecule has 0 amide bonds. The van der Waals surface area contributed by atoms with Gasteiger partial charge in [-0.25, -0.2) is 0 Å². The minimum atomic E-state index is 0.557. The Morgan fingerprint density at radius 2 is 1.72 bits per heavy atom. The van der Waals surface area contributed by atoms with Crippen LogP contribution in [0, 0.1) is 0 Å². The van der Waals surface area contributed by atoms with Crippen LogP contribution >= 0.6 is 0 Å². The lowest BCUT2D eigenvalue weighted by Gasteiger charge is -2.19. The van der Waals surface area contributed by atoms with Crippen LogP contribution in [0.15, 0.2) is 54.7 Å². The molecule has 0 saturated heterocycles. The van der Waals surface area contributed by atoms with E-state index in [1.54, 1.807) is 0 Å². The van der Waals surface area contributed by atoms with Gasteiger partial charge in [0, 0.05) is 17.8 Å². The van der Waals surface area contributed by atoms with Gasteiger partial charge in [0.25, 0.3) is 0 Å². The summed E-state index contributed by atoms with van der Waals surface area (Å²) in [5.74, 6) is 1.14. The molecule has 2 aromatic rings. The first kappa shape index (κ1) is 12.8. The van der Waals surface area contributed by atoms with E-state index >= 15 is 0 Å². The third kappa shape index (κ3) is 3.19. The van der Waals surface area contributed by atoms with Crippen LogP contribution in [0.5, 0.6) is 0 Å². The van der Waals surface area contributed by atoms with Crippen LogP contribution in [0.4, 0.5) is 0 Å². The largest absolute Gasteiger partial charge is 0.261 e. The lowest BCUT2D eigenvalue weighted by atomic mass is 9.87. The molecule has 0 saturated carbocycles. The Labute approximate surface area is 110 Å². The van der Waals surface area contributed by atoms with Gasteiger partial charge in [-0.2, -0.15) is 0 Å². The molecule has 1 aromatic carbocycles. The van der Waals surface area contributed by atoms with Gasteiger partial charge < -0.3 is 0 Å². The standard InChI is InChI=1S/C17H21N/c1-3-15(17-11-7-8-12-18-17)13-14(2)16-9-5-4-6-10-16/h4-12,14-15H,3,13H2,1-2H3. The van der Waals surface area contributed by atoms with E-state index in [2.05, 4.69) is 61.3 Å². The average Bonchev–Trinajstić information content (AvgIpc) is 2.46. The highest BCUT2D eigenvalue weighted by atomic mass is 14.7. The van der Waals surface area contributed by atoms with Gasteiger partial charge in [0.05, 0.1) is 0 Å². The molecule has 1 heterocycles. The molecular formula is C17H21N. The first-order chi connectivity index (χ1) is 8.81. The molecule has 0 aliphatic carbocycles. The minimum absolute atomic E-state index is 0.557. The highest BCUT2D eigenvalue weighted by molar-refractivity contribution is 5.20. The Bertz CT molecular complexity index is 450. The molecular weight excluding hydrogens is 218 g/mol. The minimum Gasteiger partial charge on any atom is -0.261 e. The fourth-order valence-electron chi connectivity index (χ4n) is 2.46. The molecule has 0 fully saturated rings. The summed E-state index contributed by atoms with van der Waals surface area (Å²) in [6.45, 7) is 4.55. The van der Waals surface area contributed by atoms with Gasteiger partial charge in [0.1, 0.15) is 0 Å². The van der Waals surface area contributed by atoms with E-state index in [1.807, 2.05) is 12.3 Å². The zero-order valence-corrected chi connectivity index (χ0v) is 11.2. The topological polar surface area (TPSA) is 12.9 Å². The van der Waals surface area contributed by atoms with Crippen LogP contribution in [-0.4, -0.2) is 4.98 Å². The van der Waals surface area contributed by atoms with E-state index in [1.165, 1.54) is 11.3 Å². The molecule has 0 aliphatic heterocycles. The van der Waals surface area contributed by atoms with Crippen molar-refractivity contribution in [1.82, 2.24) is 4.98 Å². The van der Waals surface area contributed by atoms with Gasteiger partial charge >= 0.3 is 0 Å². The van der Waals surface area contributed by atoms with E-state index in [9.17, 15) is 0 Å². The van der Waals surface area contributed by atoms with E-state index in [4.69, 9.17) is 0 Å². The number of rotatable bonds is 5. The van der Waals surface area contributed by atoms with Crippen LogP contribution in [0.25, 0.3) is 0 Å². The summed E-state index contributed by atoms with van der Waals surface area (Å²) >= 11 is 0. The summed E-state index contributed by atoms with van der Waals surface area (Å²) in [5, 5.41) is 0. The Morgan fingerprint density at radius 1 is 1.00 bits per heavy atom. The maximum Gasteiger partial charge on any atom is 0.0434 e. The summed E-state index contributed by atoms with van der Waals surface area (Å²) < 4.78 is 0. The predicted molar refractivity (Wildman–Crippen MR) is 76.7 cm³/mol. The van der Waals surface area contributed by atoms with Gasteiger partial charge in [-0.3, -0.25) is 4.98 Å². The summed E-state index contributed by atoms with van der Waals surface area (Å²) in [6.07, 6.45) is 4.21. The fraction of sp³-hybridized carbons (Fsp3) is 0.353. The lowest BCUT2D eigenvalue weighted by molar-refractivity contribution is 0.534. The molecule has 1 aromatic heterocycles. The van der Waals surface area contributed by atoms with Crippen molar-refractivity contribution in [2.45, 2.75) is 38.5 Å². The van der Waals surface area contributed by atoms with Gasteiger partial charge in [-0.15, -0.1) is 0 Å². The van der Waals surface area contributed by atoms with Crippen molar-refractivity contribution in [2.75, 3.05) is 0 Å². The van der Waals surface area contributed by atoms with Crippen molar-refractivity contribution in [2.24, 2.45) is 0 Å². The fourth-order valence-corrected chi connectivity index (χ4v) is 2.46. The molecule has 2 rings (SSSR count). The second-order valence-electron chi connectivity index (χ2n) is 4.91. The number of hydrogen-bond acceptors (Lipinski definition) is 1. The molecule has 0 aliphatic rings. The molecule has 1 nitrogen and oxygen atoms in total. The van der Waals surface area contributed by atoms with E-state index < -0.39 is 0 Å². The molecule has 18 heavy (non-hydrogen) atoms. The third-order valence-electron chi connectivity index (χ3n) is 3.61. The zero-order valence-electron chi connectivity index (χ0n) is 11.2. The second kappa shape index (κ2) is 6.34. The number of nitrogens with zero attached hydrogens (tertiary/aromatic N) is 1. The Morgan fingerprint density at radius 3 is 2.33 bits per heavy atom. The normalized spacial score (nSPS) is 14.1. The Hall–Kier alpha value is -1.63. The molecule has 0 bridgehead atoms. The number of benzene rings is 1. The van der Waals surface area contributed by atoms with Crippen molar-refractivity contribution in [3.63, 3.8) is 0 Å². The first-order valence-corrected chi connectivity index (χ1v) is 6.77. The number of aromatic nitrogens is 1. The summed E-state index contributed by atoms with van der Waals surface area (Å²) in [7, 11) is 0. The second-order valence-corrected chi connectivity index (χ2v) is 4.91. The van der Waals surface area contributed by atoms with Gasteiger partial charge in [0.2, 0.25) is 0 Å². The summed E-state index contributed by atoms with van der Waals surface area (Å²) in [6, 6.07) is 17.0. The van der Waals surface area contributed by atoms with Crippen LogP contribution in [0.3, 0.4) is 0 Å². The summed E-state index contributed by atoms with van der Waals surface area (Å²) in [5.41, 5.74) is 2.65. The third-order valence-corrected chi connectivity index (χ3v) is 3.61. The molecule has 94 valence electrons. The predicted octanol–water partition coefficient (Wildman–Crippen LogP) is 4.77. The Balaban J connectivity index is 2.07. The first-order valence-electron chi connectivity index (χ1n) is 6.77. The number of hydrogen-bond donors (Lipinski definition) is 0.